The molecule has 0 aromatic rings. The lowest BCUT2D eigenvalue weighted by atomic mass is 9.99. The van der Waals surface area contributed by atoms with Crippen LogP contribution < -0.4 is 5.32 Å². The first-order valence-corrected chi connectivity index (χ1v) is 35.2. The summed E-state index contributed by atoms with van der Waals surface area (Å²) in [6.07, 6.45) is 73.5. The van der Waals surface area contributed by atoms with Crippen molar-refractivity contribution in [3.05, 3.63) is 36.5 Å². The predicted octanol–water partition coefficient (Wildman–Crippen LogP) is 19.0. The van der Waals surface area contributed by atoms with Gasteiger partial charge in [-0.25, -0.2) is 0 Å². The summed E-state index contributed by atoms with van der Waals surface area (Å²) >= 11 is 0. The molecule has 0 aromatic carbocycles. The minimum absolute atomic E-state index is 0.138. The molecule has 1 rings (SSSR count). The molecule has 1 aliphatic heterocycles. The van der Waals surface area contributed by atoms with E-state index < -0.39 is 49.5 Å². The summed E-state index contributed by atoms with van der Waals surface area (Å²) in [6.45, 7) is 3.87. The summed E-state index contributed by atoms with van der Waals surface area (Å²) in [5, 5.41) is 54.9. The Morgan fingerprint density at radius 3 is 1.09 bits per heavy atom. The van der Waals surface area contributed by atoms with Crippen LogP contribution in [-0.4, -0.2) is 87.5 Å². The number of amides is 1. The molecule has 0 aliphatic carbocycles. The molecule has 0 bridgehead atoms. The highest BCUT2D eigenvalue weighted by molar-refractivity contribution is 5.76. The fourth-order valence-electron chi connectivity index (χ4n) is 11.5. The Morgan fingerprint density at radius 1 is 0.425 bits per heavy atom. The van der Waals surface area contributed by atoms with E-state index in [-0.39, 0.29) is 12.5 Å². The maximum absolute atomic E-state index is 13.1. The third-order valence-corrected chi connectivity index (χ3v) is 17.0. The van der Waals surface area contributed by atoms with Crippen molar-refractivity contribution in [1.29, 1.82) is 0 Å². The van der Waals surface area contributed by atoms with Gasteiger partial charge in [0.2, 0.25) is 5.91 Å². The van der Waals surface area contributed by atoms with E-state index >= 15 is 0 Å². The van der Waals surface area contributed by atoms with Crippen molar-refractivity contribution < 1.29 is 39.8 Å². The van der Waals surface area contributed by atoms with Gasteiger partial charge in [-0.1, -0.05) is 333 Å². The largest absolute Gasteiger partial charge is 0.394 e. The van der Waals surface area contributed by atoms with E-state index in [1.54, 1.807) is 0 Å². The maximum Gasteiger partial charge on any atom is 0.220 e. The number of aliphatic hydroxyl groups is 5. The Labute approximate surface area is 495 Å². The second-order valence-corrected chi connectivity index (χ2v) is 24.7. The Balaban J connectivity index is 2.11. The van der Waals surface area contributed by atoms with Crippen LogP contribution in [0.2, 0.25) is 0 Å². The average molecular weight is 1130 g/mol. The zero-order chi connectivity index (χ0) is 57.9. The lowest BCUT2D eigenvalue weighted by molar-refractivity contribution is -0.302. The van der Waals surface area contributed by atoms with E-state index in [9.17, 15) is 30.3 Å². The molecule has 1 heterocycles. The summed E-state index contributed by atoms with van der Waals surface area (Å²) in [4.78, 5) is 13.1. The van der Waals surface area contributed by atoms with Gasteiger partial charge in [0.1, 0.15) is 24.4 Å². The van der Waals surface area contributed by atoms with Crippen molar-refractivity contribution >= 4 is 5.91 Å². The second kappa shape index (κ2) is 60.5. The molecule has 1 fully saturated rings. The van der Waals surface area contributed by atoms with E-state index in [0.29, 0.717) is 12.8 Å². The average Bonchev–Trinajstić information content (AvgIpc) is 3.46. The highest BCUT2D eigenvalue weighted by Gasteiger charge is 2.44. The number of rotatable bonds is 62. The summed E-state index contributed by atoms with van der Waals surface area (Å²) in [7, 11) is 0. The first-order valence-electron chi connectivity index (χ1n) is 35.2. The molecular formula is C71H135NO8. The minimum atomic E-state index is -1.56. The lowest BCUT2D eigenvalue weighted by Crippen LogP contribution is -2.60. The molecule has 6 N–H and O–H groups in total. The quantitative estimate of drug-likeness (QED) is 0.0261. The SMILES string of the molecule is CCCCCCC/C=C\C/C=C\C/C=C\CCCCCCCCCCCCC(=O)NC(COC1OC(CO)C(O)C(O)C1O)C(O)CCCCCCCCCCCCCCCCCCCCCCCCCCCCCCCCCC. The van der Waals surface area contributed by atoms with Gasteiger partial charge in [-0.05, 0) is 51.4 Å². The second-order valence-electron chi connectivity index (χ2n) is 24.7. The van der Waals surface area contributed by atoms with Crippen molar-refractivity contribution in [3.8, 4) is 0 Å². The van der Waals surface area contributed by atoms with Crippen LogP contribution >= 0.6 is 0 Å². The van der Waals surface area contributed by atoms with E-state index in [0.717, 1.165) is 51.4 Å². The minimum Gasteiger partial charge on any atom is -0.394 e. The molecule has 0 spiro atoms. The summed E-state index contributed by atoms with van der Waals surface area (Å²) in [6, 6.07) is -0.724. The monoisotopic (exact) mass is 1130 g/mol. The predicted molar refractivity (Wildman–Crippen MR) is 341 cm³/mol. The molecule has 0 aromatic heterocycles. The number of carbonyl (C=O) groups excluding carboxylic acids is 1. The van der Waals surface area contributed by atoms with Gasteiger partial charge < -0.3 is 40.3 Å². The molecular weight excluding hydrogens is 995 g/mol. The first-order chi connectivity index (χ1) is 39.3. The molecule has 7 atom stereocenters. The van der Waals surface area contributed by atoms with Gasteiger partial charge in [0, 0.05) is 6.42 Å². The Hall–Kier alpha value is -1.59. The van der Waals surface area contributed by atoms with Gasteiger partial charge >= 0.3 is 0 Å². The Kier molecular flexibility index (Phi) is 57.8. The summed E-state index contributed by atoms with van der Waals surface area (Å²) in [5.41, 5.74) is 0. The van der Waals surface area contributed by atoms with Crippen LogP contribution in [0.3, 0.4) is 0 Å². The van der Waals surface area contributed by atoms with E-state index in [1.165, 1.54) is 276 Å². The normalized spacial score (nSPS) is 18.6. The number of allylic oxidation sites excluding steroid dienone is 6. The van der Waals surface area contributed by atoms with Gasteiger partial charge in [-0.3, -0.25) is 4.79 Å². The third-order valence-electron chi connectivity index (χ3n) is 17.0. The van der Waals surface area contributed by atoms with Crippen molar-refractivity contribution in [2.75, 3.05) is 13.2 Å². The molecule has 80 heavy (non-hydrogen) atoms. The number of ether oxygens (including phenoxy) is 2. The first kappa shape index (κ1) is 76.4. The van der Waals surface area contributed by atoms with E-state index in [1.807, 2.05) is 0 Å². The van der Waals surface area contributed by atoms with Gasteiger partial charge in [0.25, 0.3) is 0 Å². The van der Waals surface area contributed by atoms with Crippen LogP contribution in [0.25, 0.3) is 0 Å². The van der Waals surface area contributed by atoms with Crippen molar-refractivity contribution in [1.82, 2.24) is 5.32 Å². The zero-order valence-electron chi connectivity index (χ0n) is 52.9. The van der Waals surface area contributed by atoms with E-state index in [4.69, 9.17) is 9.47 Å². The molecule has 1 amide bonds. The van der Waals surface area contributed by atoms with Crippen molar-refractivity contribution in [2.24, 2.45) is 0 Å². The maximum atomic E-state index is 13.1. The lowest BCUT2D eigenvalue weighted by Gasteiger charge is -2.40. The number of nitrogens with one attached hydrogen (secondary N) is 1. The van der Waals surface area contributed by atoms with Crippen LogP contribution in [0, 0.1) is 0 Å². The summed E-state index contributed by atoms with van der Waals surface area (Å²) in [5.74, 6) is -0.143. The number of aliphatic hydroxyl groups excluding tert-OH is 5. The molecule has 9 heteroatoms. The standard InChI is InChI=1S/C71H135NO8/c1-3-5-7-9-11-13-15-17-19-21-23-25-27-29-30-31-32-33-34-35-37-38-40-42-44-46-48-50-52-54-56-58-60-65(74)64(63-79-71-70(78)69(77)68(76)66(62-73)80-71)72-67(75)61-59-57-55-53-51-49-47-45-43-41-39-36-28-26-24-22-20-18-16-14-12-10-8-6-4-2/h16,18,22,24,28,36,64-66,68-71,73-74,76-78H,3-15,17,19-21,23,25-27,29-35,37-63H2,1-2H3,(H,72,75)/b18-16-,24-22-,36-28-. The summed E-state index contributed by atoms with van der Waals surface area (Å²) < 4.78 is 11.4. The number of carbonyl (C=O) groups is 1. The highest BCUT2D eigenvalue weighted by Crippen LogP contribution is 2.24. The van der Waals surface area contributed by atoms with Crippen molar-refractivity contribution in [2.45, 2.75) is 397 Å². The molecule has 1 aliphatic rings. The number of hydrogen-bond acceptors (Lipinski definition) is 8. The zero-order valence-corrected chi connectivity index (χ0v) is 52.9. The van der Waals surface area contributed by atoms with Crippen LogP contribution in [-0.2, 0) is 14.3 Å². The Bertz CT molecular complexity index is 1360. The molecule has 0 radical (unpaired) electrons. The molecule has 9 nitrogen and oxygen atoms in total. The molecule has 0 saturated carbocycles. The fraction of sp³-hybridized carbons (Fsp3) is 0.901. The molecule has 7 unspecified atom stereocenters. The van der Waals surface area contributed by atoms with Gasteiger partial charge in [0.05, 0.1) is 25.4 Å². The van der Waals surface area contributed by atoms with Gasteiger partial charge in [-0.15, -0.1) is 0 Å². The fourth-order valence-corrected chi connectivity index (χ4v) is 11.5. The topological polar surface area (TPSA) is 149 Å². The van der Waals surface area contributed by atoms with Crippen LogP contribution in [0.15, 0.2) is 36.5 Å². The molecule has 1 saturated heterocycles. The van der Waals surface area contributed by atoms with Crippen LogP contribution in [0.4, 0.5) is 0 Å². The van der Waals surface area contributed by atoms with Crippen LogP contribution in [0.5, 0.6) is 0 Å². The highest BCUT2D eigenvalue weighted by atomic mass is 16.7. The third kappa shape index (κ3) is 48.7. The van der Waals surface area contributed by atoms with Gasteiger partial charge in [-0.2, -0.15) is 0 Å². The van der Waals surface area contributed by atoms with Crippen LogP contribution in [0.1, 0.15) is 354 Å². The Morgan fingerprint density at radius 2 is 0.738 bits per heavy atom. The van der Waals surface area contributed by atoms with E-state index in [2.05, 4.69) is 55.6 Å². The molecule has 472 valence electrons. The smallest absolute Gasteiger partial charge is 0.220 e. The number of unbranched alkanes of at least 4 members (excludes halogenated alkanes) is 46. The van der Waals surface area contributed by atoms with Gasteiger partial charge in [0.15, 0.2) is 6.29 Å². The van der Waals surface area contributed by atoms with Crippen molar-refractivity contribution in [3.63, 3.8) is 0 Å². The number of hydrogen-bond donors (Lipinski definition) is 6.